The van der Waals surface area contributed by atoms with E-state index in [-0.39, 0.29) is 11.8 Å². The third-order valence-corrected chi connectivity index (χ3v) is 3.24. The zero-order valence-electron chi connectivity index (χ0n) is 11.7. The highest BCUT2D eigenvalue weighted by Gasteiger charge is 2.16. The lowest BCUT2D eigenvalue weighted by Gasteiger charge is -2.12. The number of fused-ring (bicyclic) bond motifs is 1. The van der Waals surface area contributed by atoms with E-state index in [9.17, 15) is 4.79 Å². The average molecular weight is 256 g/mol. The molecule has 0 aliphatic carbocycles. The Balaban J connectivity index is 2.24. The van der Waals surface area contributed by atoms with Gasteiger partial charge in [0.25, 0.3) is 0 Å². The van der Waals surface area contributed by atoms with Crippen LogP contribution in [-0.2, 0) is 4.79 Å². The molecule has 2 N–H and O–H groups in total. The van der Waals surface area contributed by atoms with Gasteiger partial charge in [0.15, 0.2) is 0 Å². The van der Waals surface area contributed by atoms with Gasteiger partial charge in [0, 0.05) is 22.5 Å². The molecule has 0 aliphatic rings. The Morgan fingerprint density at radius 2 is 2.11 bits per heavy atom. The molecule has 0 aliphatic heterocycles. The number of carbonyl (C=O) groups is 1. The quantitative estimate of drug-likeness (QED) is 0.797. The molecule has 1 atom stereocenters. The second-order valence-corrected chi connectivity index (χ2v) is 5.22. The topological polar surface area (TPSA) is 44.9 Å². The molecule has 2 aromatic rings. The number of aromatic nitrogens is 1. The molecule has 0 saturated heterocycles. The van der Waals surface area contributed by atoms with Gasteiger partial charge >= 0.3 is 0 Å². The molecule has 1 heterocycles. The number of allylic oxidation sites excluding steroid dienone is 1. The van der Waals surface area contributed by atoms with Gasteiger partial charge in [-0.1, -0.05) is 30.7 Å². The van der Waals surface area contributed by atoms with Gasteiger partial charge in [-0.05, 0) is 26.3 Å². The SMILES string of the molecule is C=C(C)CC(C)C(=O)Nc1c(C)[nH]c2ccccc12. The van der Waals surface area contributed by atoms with Crippen molar-refractivity contribution in [2.75, 3.05) is 5.32 Å². The van der Waals surface area contributed by atoms with Crippen LogP contribution in [0.2, 0.25) is 0 Å². The molecule has 1 unspecified atom stereocenters. The molecule has 0 radical (unpaired) electrons. The lowest BCUT2D eigenvalue weighted by Crippen LogP contribution is -2.20. The van der Waals surface area contributed by atoms with Crippen LogP contribution in [-0.4, -0.2) is 10.9 Å². The third-order valence-electron chi connectivity index (χ3n) is 3.24. The van der Waals surface area contributed by atoms with Crippen molar-refractivity contribution in [1.29, 1.82) is 0 Å². The summed E-state index contributed by atoms with van der Waals surface area (Å²) in [5, 5.41) is 4.08. The molecule has 1 aromatic heterocycles. The number of hydrogen-bond donors (Lipinski definition) is 2. The molecule has 19 heavy (non-hydrogen) atoms. The Morgan fingerprint density at radius 3 is 2.79 bits per heavy atom. The maximum absolute atomic E-state index is 12.2. The first kappa shape index (κ1) is 13.4. The van der Waals surface area contributed by atoms with Crippen LogP contribution in [0.15, 0.2) is 36.4 Å². The van der Waals surface area contributed by atoms with Crippen molar-refractivity contribution in [3.63, 3.8) is 0 Å². The van der Waals surface area contributed by atoms with Crippen molar-refractivity contribution < 1.29 is 4.79 Å². The van der Waals surface area contributed by atoms with E-state index in [0.29, 0.717) is 6.42 Å². The van der Waals surface area contributed by atoms with E-state index < -0.39 is 0 Å². The summed E-state index contributed by atoms with van der Waals surface area (Å²) in [6, 6.07) is 7.98. The predicted octanol–water partition coefficient (Wildman–Crippen LogP) is 4.02. The lowest BCUT2D eigenvalue weighted by molar-refractivity contribution is -0.119. The molecular formula is C16H20N2O. The summed E-state index contributed by atoms with van der Waals surface area (Å²) in [5.74, 6) is -0.0265. The second-order valence-electron chi connectivity index (χ2n) is 5.22. The maximum Gasteiger partial charge on any atom is 0.227 e. The van der Waals surface area contributed by atoms with E-state index in [2.05, 4.69) is 16.9 Å². The number of hydrogen-bond acceptors (Lipinski definition) is 1. The van der Waals surface area contributed by atoms with Crippen LogP contribution in [0.5, 0.6) is 0 Å². The number of aryl methyl sites for hydroxylation is 1. The molecule has 2 rings (SSSR count). The van der Waals surface area contributed by atoms with Crippen LogP contribution in [0.4, 0.5) is 5.69 Å². The molecule has 100 valence electrons. The highest BCUT2D eigenvalue weighted by Crippen LogP contribution is 2.27. The summed E-state index contributed by atoms with van der Waals surface area (Å²) in [5.41, 5.74) is 3.94. The summed E-state index contributed by atoms with van der Waals surface area (Å²) >= 11 is 0. The van der Waals surface area contributed by atoms with E-state index in [0.717, 1.165) is 27.9 Å². The monoisotopic (exact) mass is 256 g/mol. The fourth-order valence-corrected chi connectivity index (χ4v) is 2.30. The Labute approximate surface area is 113 Å². The minimum atomic E-state index is -0.0643. The summed E-state index contributed by atoms with van der Waals surface area (Å²) < 4.78 is 0. The van der Waals surface area contributed by atoms with Gasteiger partial charge in [-0.15, -0.1) is 6.58 Å². The number of rotatable bonds is 4. The molecule has 0 bridgehead atoms. The van der Waals surface area contributed by atoms with Crippen molar-refractivity contribution in [3.8, 4) is 0 Å². The Hall–Kier alpha value is -2.03. The number of anilines is 1. The molecule has 0 fully saturated rings. The summed E-state index contributed by atoms with van der Waals surface area (Å²) in [6.07, 6.45) is 0.716. The minimum absolute atomic E-state index is 0.0378. The fourth-order valence-electron chi connectivity index (χ4n) is 2.30. The van der Waals surface area contributed by atoms with Crippen molar-refractivity contribution in [2.24, 2.45) is 5.92 Å². The van der Waals surface area contributed by atoms with Crippen LogP contribution in [0, 0.1) is 12.8 Å². The van der Waals surface area contributed by atoms with Gasteiger partial charge in [0.1, 0.15) is 0 Å². The second kappa shape index (κ2) is 5.31. The zero-order valence-corrected chi connectivity index (χ0v) is 11.7. The number of para-hydroxylation sites is 1. The summed E-state index contributed by atoms with van der Waals surface area (Å²) in [4.78, 5) is 15.5. The fraction of sp³-hybridized carbons (Fsp3) is 0.312. The number of benzene rings is 1. The number of nitrogens with one attached hydrogen (secondary N) is 2. The smallest absolute Gasteiger partial charge is 0.227 e. The van der Waals surface area contributed by atoms with E-state index in [4.69, 9.17) is 0 Å². The first-order chi connectivity index (χ1) is 8.99. The molecule has 3 nitrogen and oxygen atoms in total. The molecule has 1 aromatic carbocycles. The number of amides is 1. The van der Waals surface area contributed by atoms with Gasteiger partial charge < -0.3 is 10.3 Å². The van der Waals surface area contributed by atoms with Crippen LogP contribution >= 0.6 is 0 Å². The highest BCUT2D eigenvalue weighted by molar-refractivity contribution is 6.03. The van der Waals surface area contributed by atoms with Crippen molar-refractivity contribution in [3.05, 3.63) is 42.1 Å². The molecule has 3 heteroatoms. The largest absolute Gasteiger partial charge is 0.357 e. The van der Waals surface area contributed by atoms with E-state index in [1.54, 1.807) is 0 Å². The highest BCUT2D eigenvalue weighted by atomic mass is 16.1. The standard InChI is InChI=1S/C16H20N2O/c1-10(2)9-11(3)16(19)18-15-12(4)17-14-8-6-5-7-13(14)15/h5-8,11,17H,1,9H2,2-4H3,(H,18,19). The third kappa shape index (κ3) is 2.87. The van der Waals surface area contributed by atoms with E-state index in [1.165, 1.54) is 0 Å². The van der Waals surface area contributed by atoms with Gasteiger partial charge in [0.2, 0.25) is 5.91 Å². The van der Waals surface area contributed by atoms with Gasteiger partial charge in [0.05, 0.1) is 5.69 Å². The maximum atomic E-state index is 12.2. The Bertz CT molecular complexity index is 625. The minimum Gasteiger partial charge on any atom is -0.357 e. The Morgan fingerprint density at radius 1 is 1.42 bits per heavy atom. The predicted molar refractivity (Wildman–Crippen MR) is 80.3 cm³/mol. The number of aromatic amines is 1. The van der Waals surface area contributed by atoms with Crippen molar-refractivity contribution in [1.82, 2.24) is 4.98 Å². The molecular weight excluding hydrogens is 236 g/mol. The van der Waals surface area contributed by atoms with Crippen molar-refractivity contribution in [2.45, 2.75) is 27.2 Å². The van der Waals surface area contributed by atoms with Crippen LogP contribution in [0.3, 0.4) is 0 Å². The van der Waals surface area contributed by atoms with Crippen LogP contribution < -0.4 is 5.32 Å². The average Bonchev–Trinajstić information content (AvgIpc) is 2.65. The van der Waals surface area contributed by atoms with E-state index >= 15 is 0 Å². The van der Waals surface area contributed by atoms with Gasteiger partial charge in [-0.25, -0.2) is 0 Å². The zero-order chi connectivity index (χ0) is 14.0. The summed E-state index contributed by atoms with van der Waals surface area (Å²) in [7, 11) is 0. The molecule has 1 amide bonds. The van der Waals surface area contributed by atoms with Crippen LogP contribution in [0.25, 0.3) is 10.9 Å². The molecule has 0 spiro atoms. The first-order valence-corrected chi connectivity index (χ1v) is 6.51. The van der Waals surface area contributed by atoms with Crippen LogP contribution in [0.1, 0.15) is 26.0 Å². The number of H-pyrrole nitrogens is 1. The first-order valence-electron chi connectivity index (χ1n) is 6.51. The lowest BCUT2D eigenvalue weighted by atomic mass is 10.0. The van der Waals surface area contributed by atoms with Crippen molar-refractivity contribution >= 4 is 22.5 Å². The number of carbonyl (C=O) groups excluding carboxylic acids is 1. The molecule has 0 saturated carbocycles. The van der Waals surface area contributed by atoms with E-state index in [1.807, 2.05) is 45.0 Å². The Kier molecular flexibility index (Phi) is 3.74. The normalized spacial score (nSPS) is 12.4. The van der Waals surface area contributed by atoms with Gasteiger partial charge in [-0.2, -0.15) is 0 Å². The van der Waals surface area contributed by atoms with Gasteiger partial charge in [-0.3, -0.25) is 4.79 Å². The summed E-state index contributed by atoms with van der Waals surface area (Å²) in [6.45, 7) is 9.70.